The van der Waals surface area contributed by atoms with Gasteiger partial charge in [0.15, 0.2) is 0 Å². The number of nitrogen functional groups attached to an aromatic ring is 1. The number of hydrogen-bond acceptors (Lipinski definition) is 4. The van der Waals surface area contributed by atoms with E-state index in [9.17, 15) is 4.79 Å². The molecule has 0 fully saturated rings. The fourth-order valence-corrected chi connectivity index (χ4v) is 1.92. The topological polar surface area (TPSA) is 76.2 Å². The van der Waals surface area contributed by atoms with E-state index in [-0.39, 0.29) is 17.9 Å². The van der Waals surface area contributed by atoms with Crippen LogP contribution in [0.4, 0.5) is 5.69 Å². The summed E-state index contributed by atoms with van der Waals surface area (Å²) in [5.74, 6) is -0.0510. The summed E-state index contributed by atoms with van der Waals surface area (Å²) in [4.78, 5) is 13.8. The lowest BCUT2D eigenvalue weighted by molar-refractivity contribution is -0.122. The summed E-state index contributed by atoms with van der Waals surface area (Å²) in [6.45, 7) is 6.01. The zero-order chi connectivity index (χ0) is 13.8. The molecule has 102 valence electrons. The molecule has 3 N–H and O–H groups in total. The molecule has 1 rings (SSSR count). The molecular weight excluding hydrogens is 230 g/mol. The van der Waals surface area contributed by atoms with Crippen molar-refractivity contribution in [1.29, 1.82) is 0 Å². The van der Waals surface area contributed by atoms with Crippen molar-refractivity contribution in [2.45, 2.75) is 20.4 Å². The molecule has 18 heavy (non-hydrogen) atoms. The van der Waals surface area contributed by atoms with Gasteiger partial charge in [0.05, 0.1) is 11.9 Å². The van der Waals surface area contributed by atoms with Gasteiger partial charge in [-0.3, -0.25) is 9.48 Å². The molecule has 0 aliphatic heterocycles. The number of aromatic nitrogens is 2. The monoisotopic (exact) mass is 253 g/mol. The highest BCUT2D eigenvalue weighted by molar-refractivity contribution is 5.75. The first kappa shape index (κ1) is 14.5. The predicted molar refractivity (Wildman–Crippen MR) is 72.0 cm³/mol. The van der Waals surface area contributed by atoms with Gasteiger partial charge in [-0.25, -0.2) is 0 Å². The van der Waals surface area contributed by atoms with Crippen molar-refractivity contribution >= 4 is 11.6 Å². The number of nitrogens with zero attached hydrogens (tertiary/aromatic N) is 3. The summed E-state index contributed by atoms with van der Waals surface area (Å²) in [5, 5.41) is 6.89. The fraction of sp³-hybridized carbons (Fsp3) is 0.667. The van der Waals surface area contributed by atoms with Crippen molar-refractivity contribution in [2.24, 2.45) is 5.41 Å². The maximum atomic E-state index is 11.7. The summed E-state index contributed by atoms with van der Waals surface area (Å²) in [6.07, 6.45) is 3.17. The molecule has 0 unspecified atom stereocenters. The Bertz CT molecular complexity index is 397. The molecule has 0 aromatic carbocycles. The minimum Gasteiger partial charge on any atom is -0.396 e. The molecule has 0 saturated carbocycles. The number of amides is 1. The number of carbonyl (C=O) groups excluding carboxylic acids is 1. The Hall–Kier alpha value is -1.56. The first-order valence-corrected chi connectivity index (χ1v) is 5.98. The van der Waals surface area contributed by atoms with Crippen molar-refractivity contribution in [1.82, 2.24) is 20.0 Å². The van der Waals surface area contributed by atoms with Gasteiger partial charge in [0.2, 0.25) is 5.91 Å². The second-order valence-corrected chi connectivity index (χ2v) is 5.65. The SMILES string of the molecule is CN(C)CC(C)(C)CNC(=O)Cn1cc(N)cn1. The highest BCUT2D eigenvalue weighted by Gasteiger charge is 2.19. The molecular formula is C12H23N5O. The van der Waals surface area contributed by atoms with Crippen LogP contribution in [-0.4, -0.2) is 47.8 Å². The molecule has 0 saturated heterocycles. The molecule has 0 spiro atoms. The van der Waals surface area contributed by atoms with Crippen molar-refractivity contribution in [3.63, 3.8) is 0 Å². The number of rotatable bonds is 6. The minimum atomic E-state index is -0.0510. The Labute approximate surface area is 108 Å². The maximum absolute atomic E-state index is 11.7. The normalized spacial score (nSPS) is 11.8. The number of hydrogen-bond donors (Lipinski definition) is 2. The van der Waals surface area contributed by atoms with E-state index in [1.165, 1.54) is 10.9 Å². The van der Waals surface area contributed by atoms with E-state index >= 15 is 0 Å². The first-order valence-electron chi connectivity index (χ1n) is 5.98. The summed E-state index contributed by atoms with van der Waals surface area (Å²) in [6, 6.07) is 0. The Morgan fingerprint density at radius 2 is 2.22 bits per heavy atom. The molecule has 1 amide bonds. The van der Waals surface area contributed by atoms with Crippen LogP contribution in [0.25, 0.3) is 0 Å². The van der Waals surface area contributed by atoms with E-state index in [4.69, 9.17) is 5.73 Å². The average molecular weight is 253 g/mol. The number of nitrogens with two attached hydrogens (primary N) is 1. The molecule has 0 aliphatic carbocycles. The van der Waals surface area contributed by atoms with Gasteiger partial charge < -0.3 is 16.0 Å². The molecule has 1 aromatic heterocycles. The van der Waals surface area contributed by atoms with Crippen LogP contribution in [0.15, 0.2) is 12.4 Å². The standard InChI is InChI=1S/C12H23N5O/c1-12(2,9-16(3)4)8-14-11(18)7-17-6-10(13)5-15-17/h5-6H,7-9,13H2,1-4H3,(H,14,18). The number of nitrogens with one attached hydrogen (secondary N) is 1. The third-order valence-electron chi connectivity index (χ3n) is 2.47. The maximum Gasteiger partial charge on any atom is 0.241 e. The lowest BCUT2D eigenvalue weighted by atomic mass is 9.93. The molecule has 1 aromatic rings. The van der Waals surface area contributed by atoms with E-state index in [2.05, 4.69) is 29.2 Å². The highest BCUT2D eigenvalue weighted by Crippen LogP contribution is 2.13. The zero-order valence-corrected chi connectivity index (χ0v) is 11.6. The molecule has 0 radical (unpaired) electrons. The van der Waals surface area contributed by atoms with Crippen LogP contribution in [-0.2, 0) is 11.3 Å². The van der Waals surface area contributed by atoms with Gasteiger partial charge in [-0.15, -0.1) is 0 Å². The largest absolute Gasteiger partial charge is 0.396 e. The van der Waals surface area contributed by atoms with Crippen molar-refractivity contribution < 1.29 is 4.79 Å². The van der Waals surface area contributed by atoms with Gasteiger partial charge >= 0.3 is 0 Å². The van der Waals surface area contributed by atoms with E-state index in [1.54, 1.807) is 6.20 Å². The zero-order valence-electron chi connectivity index (χ0n) is 11.6. The fourth-order valence-electron chi connectivity index (χ4n) is 1.92. The van der Waals surface area contributed by atoms with Gasteiger partial charge in [-0.05, 0) is 19.5 Å². The summed E-state index contributed by atoms with van der Waals surface area (Å²) in [5.41, 5.74) is 6.14. The van der Waals surface area contributed by atoms with Crippen LogP contribution in [0.2, 0.25) is 0 Å². The minimum absolute atomic E-state index is 0.0440. The van der Waals surface area contributed by atoms with Crippen molar-refractivity contribution in [3.05, 3.63) is 12.4 Å². The van der Waals surface area contributed by atoms with Crippen LogP contribution >= 0.6 is 0 Å². The molecule has 1 heterocycles. The van der Waals surface area contributed by atoms with E-state index in [0.29, 0.717) is 12.2 Å². The third kappa shape index (κ3) is 5.18. The Morgan fingerprint density at radius 3 is 2.72 bits per heavy atom. The van der Waals surface area contributed by atoms with Gasteiger partial charge in [0.1, 0.15) is 6.54 Å². The average Bonchev–Trinajstić information content (AvgIpc) is 2.59. The highest BCUT2D eigenvalue weighted by atomic mass is 16.2. The van der Waals surface area contributed by atoms with Crippen LogP contribution in [0.5, 0.6) is 0 Å². The van der Waals surface area contributed by atoms with E-state index < -0.39 is 0 Å². The van der Waals surface area contributed by atoms with Crippen LogP contribution < -0.4 is 11.1 Å². The molecule has 6 nitrogen and oxygen atoms in total. The smallest absolute Gasteiger partial charge is 0.241 e. The third-order valence-corrected chi connectivity index (χ3v) is 2.47. The Kier molecular flexibility index (Phi) is 4.72. The lowest BCUT2D eigenvalue weighted by Crippen LogP contribution is -2.41. The number of carbonyl (C=O) groups is 1. The second-order valence-electron chi connectivity index (χ2n) is 5.65. The molecule has 0 aliphatic rings. The van der Waals surface area contributed by atoms with Gasteiger partial charge in [-0.1, -0.05) is 13.8 Å². The predicted octanol–water partition coefficient (Wildman–Crippen LogP) is 0.169. The second kappa shape index (κ2) is 5.86. The van der Waals surface area contributed by atoms with E-state index in [1.807, 2.05) is 14.1 Å². The van der Waals surface area contributed by atoms with Crippen LogP contribution in [0.1, 0.15) is 13.8 Å². The van der Waals surface area contributed by atoms with Crippen molar-refractivity contribution in [3.8, 4) is 0 Å². The Balaban J connectivity index is 2.37. The molecule has 0 atom stereocenters. The lowest BCUT2D eigenvalue weighted by Gasteiger charge is -2.28. The van der Waals surface area contributed by atoms with E-state index in [0.717, 1.165) is 6.54 Å². The van der Waals surface area contributed by atoms with Gasteiger partial charge in [-0.2, -0.15) is 5.10 Å². The van der Waals surface area contributed by atoms with Gasteiger partial charge in [0, 0.05) is 19.3 Å². The summed E-state index contributed by atoms with van der Waals surface area (Å²) in [7, 11) is 4.05. The number of anilines is 1. The molecule has 0 bridgehead atoms. The summed E-state index contributed by atoms with van der Waals surface area (Å²) >= 11 is 0. The summed E-state index contributed by atoms with van der Waals surface area (Å²) < 4.78 is 1.53. The quantitative estimate of drug-likeness (QED) is 0.757. The molecule has 6 heteroatoms. The van der Waals surface area contributed by atoms with Crippen LogP contribution in [0, 0.1) is 5.41 Å². The Morgan fingerprint density at radius 1 is 1.56 bits per heavy atom. The van der Waals surface area contributed by atoms with Crippen LogP contribution in [0.3, 0.4) is 0 Å². The van der Waals surface area contributed by atoms with Gasteiger partial charge in [0.25, 0.3) is 0 Å². The first-order chi connectivity index (χ1) is 8.28. The van der Waals surface area contributed by atoms with Crippen molar-refractivity contribution in [2.75, 3.05) is 32.9 Å².